The van der Waals surface area contributed by atoms with E-state index in [0.717, 1.165) is 73.9 Å². The molecule has 3 rings (SSSR count). The fourth-order valence-electron chi connectivity index (χ4n) is 4.49. The molecule has 0 atom stereocenters. The molecule has 2 aromatic carbocycles. The van der Waals surface area contributed by atoms with Gasteiger partial charge in [-0.1, -0.05) is 64.7 Å². The Bertz CT molecular complexity index is 1060. The second kappa shape index (κ2) is 21.4. The predicted octanol–water partition coefficient (Wildman–Crippen LogP) is 10.8. The molecule has 0 aliphatic carbocycles. The van der Waals surface area contributed by atoms with Crippen LogP contribution in [0.1, 0.15) is 96.8 Å². The highest BCUT2D eigenvalue weighted by Gasteiger charge is 1.99. The van der Waals surface area contributed by atoms with Gasteiger partial charge in [0.05, 0.1) is 31.2 Å². The Hall–Kier alpha value is -3.41. The minimum absolute atomic E-state index is 0.708. The third-order valence-corrected chi connectivity index (χ3v) is 6.95. The topological polar surface area (TPSA) is 65.3 Å². The van der Waals surface area contributed by atoms with Crippen LogP contribution in [0, 0.1) is 0 Å². The zero-order chi connectivity index (χ0) is 28.6. The van der Waals surface area contributed by atoms with Gasteiger partial charge in [-0.2, -0.15) is 10.2 Å². The Balaban J connectivity index is 1.20. The molecule has 0 aliphatic heterocycles. The molecular weight excluding hydrogens is 510 g/mol. The molecule has 0 spiro atoms. The molecule has 0 N–H and O–H groups in total. The lowest BCUT2D eigenvalue weighted by atomic mass is 10.1. The molecule has 3 aromatic rings. The van der Waals surface area contributed by atoms with Crippen LogP contribution < -0.4 is 14.2 Å². The van der Waals surface area contributed by atoms with E-state index in [1.54, 1.807) is 12.4 Å². The van der Waals surface area contributed by atoms with Crippen LogP contribution in [-0.4, -0.2) is 24.8 Å². The van der Waals surface area contributed by atoms with Gasteiger partial charge in [0.1, 0.15) is 17.2 Å². The molecule has 0 fully saturated rings. The Kier molecular flexibility index (Phi) is 16.7. The molecule has 0 unspecified atom stereocenters. The average Bonchev–Trinajstić information content (AvgIpc) is 3.02. The van der Waals surface area contributed by atoms with Gasteiger partial charge in [-0.15, -0.1) is 0 Å². The molecule has 0 aliphatic rings. The summed E-state index contributed by atoms with van der Waals surface area (Å²) in [4.78, 5) is 3.99. The molecule has 0 bridgehead atoms. The van der Waals surface area contributed by atoms with Crippen molar-refractivity contribution < 1.29 is 14.2 Å². The van der Waals surface area contributed by atoms with Gasteiger partial charge in [0, 0.05) is 12.4 Å². The maximum absolute atomic E-state index is 5.90. The van der Waals surface area contributed by atoms with E-state index in [1.807, 2.05) is 60.7 Å². The van der Waals surface area contributed by atoms with E-state index in [0.29, 0.717) is 6.61 Å². The minimum Gasteiger partial charge on any atom is -0.494 e. The van der Waals surface area contributed by atoms with Crippen LogP contribution in [0.5, 0.6) is 17.2 Å². The van der Waals surface area contributed by atoms with Crippen molar-refractivity contribution in [2.45, 2.75) is 96.8 Å². The van der Waals surface area contributed by atoms with E-state index in [-0.39, 0.29) is 0 Å². The van der Waals surface area contributed by atoms with Crippen LogP contribution >= 0.6 is 0 Å². The number of benzene rings is 2. The van der Waals surface area contributed by atoms with Crippen LogP contribution in [0.15, 0.2) is 83.3 Å². The van der Waals surface area contributed by atoms with Crippen LogP contribution in [0.3, 0.4) is 0 Å². The first-order valence-corrected chi connectivity index (χ1v) is 15.7. The lowest BCUT2D eigenvalue weighted by Crippen LogP contribution is -1.99. The number of rotatable bonds is 23. The van der Waals surface area contributed by atoms with E-state index in [1.165, 1.54) is 57.8 Å². The molecule has 222 valence electrons. The molecule has 41 heavy (non-hydrogen) atoms. The maximum atomic E-state index is 5.90. The first kappa shape index (κ1) is 32.1. The van der Waals surface area contributed by atoms with Gasteiger partial charge in [0.2, 0.25) is 0 Å². The lowest BCUT2D eigenvalue weighted by Gasteiger charge is -2.07. The van der Waals surface area contributed by atoms with E-state index >= 15 is 0 Å². The number of hydrogen-bond acceptors (Lipinski definition) is 6. The van der Waals surface area contributed by atoms with E-state index < -0.39 is 0 Å². The number of ether oxygens (including phenoxy) is 3. The fraction of sp³-hybridized carbons (Fsp3) is 0.514. The Morgan fingerprint density at radius 1 is 0.439 bits per heavy atom. The van der Waals surface area contributed by atoms with Gasteiger partial charge in [-0.05, 0) is 92.8 Å². The highest BCUT2D eigenvalue weighted by atomic mass is 16.5. The van der Waals surface area contributed by atoms with Crippen molar-refractivity contribution in [1.82, 2.24) is 4.98 Å². The number of pyridine rings is 1. The number of azo groups is 1. The van der Waals surface area contributed by atoms with Gasteiger partial charge in [0.15, 0.2) is 0 Å². The molecule has 0 radical (unpaired) electrons. The highest BCUT2D eigenvalue weighted by molar-refractivity contribution is 5.44. The van der Waals surface area contributed by atoms with Crippen LogP contribution in [-0.2, 0) is 0 Å². The summed E-state index contributed by atoms with van der Waals surface area (Å²) >= 11 is 0. The summed E-state index contributed by atoms with van der Waals surface area (Å²) in [5.41, 5.74) is 1.61. The van der Waals surface area contributed by atoms with Crippen molar-refractivity contribution in [3.05, 3.63) is 73.1 Å². The molecule has 1 heterocycles. The highest BCUT2D eigenvalue weighted by Crippen LogP contribution is 2.23. The Morgan fingerprint density at radius 3 is 1.17 bits per heavy atom. The zero-order valence-corrected chi connectivity index (χ0v) is 25.0. The van der Waals surface area contributed by atoms with Crippen molar-refractivity contribution in [3.8, 4) is 17.2 Å². The average molecular weight is 560 g/mol. The Labute approximate surface area is 247 Å². The van der Waals surface area contributed by atoms with Crippen molar-refractivity contribution >= 4 is 11.4 Å². The molecule has 6 heteroatoms. The third kappa shape index (κ3) is 15.2. The number of aromatic nitrogens is 1. The van der Waals surface area contributed by atoms with Crippen molar-refractivity contribution in [1.29, 1.82) is 0 Å². The zero-order valence-electron chi connectivity index (χ0n) is 25.0. The second-order valence-corrected chi connectivity index (χ2v) is 10.5. The molecule has 0 saturated carbocycles. The number of hydrogen-bond donors (Lipinski definition) is 0. The van der Waals surface area contributed by atoms with Crippen molar-refractivity contribution in [2.24, 2.45) is 10.2 Å². The molecule has 6 nitrogen and oxygen atoms in total. The molecule has 0 saturated heterocycles. The fourth-order valence-corrected chi connectivity index (χ4v) is 4.49. The monoisotopic (exact) mass is 559 g/mol. The van der Waals surface area contributed by atoms with E-state index in [9.17, 15) is 0 Å². The summed E-state index contributed by atoms with van der Waals surface area (Å²) in [5.74, 6) is 2.62. The minimum atomic E-state index is 0.708. The third-order valence-electron chi connectivity index (χ3n) is 6.95. The van der Waals surface area contributed by atoms with Crippen molar-refractivity contribution in [2.75, 3.05) is 19.8 Å². The molecular formula is C35H49N3O3. The van der Waals surface area contributed by atoms with Crippen LogP contribution in [0.2, 0.25) is 0 Å². The van der Waals surface area contributed by atoms with E-state index in [4.69, 9.17) is 14.2 Å². The summed E-state index contributed by atoms with van der Waals surface area (Å²) in [7, 11) is 0. The molecule has 0 amide bonds. The summed E-state index contributed by atoms with van der Waals surface area (Å²) in [6.45, 7) is 4.49. The van der Waals surface area contributed by atoms with Gasteiger partial charge >= 0.3 is 0 Å². The number of unbranched alkanes of at least 4 members (excludes halogenated alkanes) is 12. The first-order chi connectivity index (χ1) is 20.3. The first-order valence-electron chi connectivity index (χ1n) is 15.7. The lowest BCUT2D eigenvalue weighted by molar-refractivity contribution is 0.287. The van der Waals surface area contributed by atoms with Gasteiger partial charge in [0.25, 0.3) is 0 Å². The quantitative estimate of drug-likeness (QED) is 0.0856. The largest absolute Gasteiger partial charge is 0.494 e. The van der Waals surface area contributed by atoms with Gasteiger partial charge < -0.3 is 14.2 Å². The van der Waals surface area contributed by atoms with E-state index in [2.05, 4.69) is 22.1 Å². The SMILES string of the molecule is CCCCCCCCCCCCOc1ccc(N=Nc2ccc(OCCCCCCOc3ccncc3)cc2)cc1. The second-order valence-electron chi connectivity index (χ2n) is 10.5. The van der Waals surface area contributed by atoms with Crippen LogP contribution in [0.25, 0.3) is 0 Å². The van der Waals surface area contributed by atoms with Crippen LogP contribution in [0.4, 0.5) is 11.4 Å². The molecule has 1 aromatic heterocycles. The van der Waals surface area contributed by atoms with Gasteiger partial charge in [-0.25, -0.2) is 0 Å². The normalized spacial score (nSPS) is 11.1. The summed E-state index contributed by atoms with van der Waals surface area (Å²) in [5, 5.41) is 8.71. The summed E-state index contributed by atoms with van der Waals surface area (Å²) < 4.78 is 17.5. The Morgan fingerprint density at radius 2 is 0.780 bits per heavy atom. The maximum Gasteiger partial charge on any atom is 0.122 e. The summed E-state index contributed by atoms with van der Waals surface area (Å²) in [6, 6.07) is 19.3. The van der Waals surface area contributed by atoms with Gasteiger partial charge in [-0.3, -0.25) is 4.98 Å². The number of nitrogens with zero attached hydrogens (tertiary/aromatic N) is 3. The standard InChI is InChI=1S/C35H49N3O3/c1-2-3-4-5-6-7-8-9-10-13-28-39-33-20-16-31(17-21-33)37-38-32-18-22-34(23-19-32)40-29-14-11-12-15-30-41-35-24-26-36-27-25-35/h16-27H,2-15,28-30H2,1H3. The van der Waals surface area contributed by atoms with Crippen molar-refractivity contribution in [3.63, 3.8) is 0 Å². The predicted molar refractivity (Wildman–Crippen MR) is 168 cm³/mol. The summed E-state index contributed by atoms with van der Waals surface area (Å²) in [6.07, 6.45) is 21.1. The smallest absolute Gasteiger partial charge is 0.122 e.